The highest BCUT2D eigenvalue weighted by Gasteiger charge is 2.54. The maximum absolute atomic E-state index is 6.76. The van der Waals surface area contributed by atoms with Crippen LogP contribution in [0.1, 0.15) is 44.5 Å². The lowest BCUT2D eigenvalue weighted by Gasteiger charge is -2.42. The third-order valence-corrected chi connectivity index (χ3v) is 15.5. The van der Waals surface area contributed by atoms with Crippen molar-refractivity contribution in [3.63, 3.8) is 0 Å². The molecule has 2 aliphatic heterocycles. The number of hydrogen-bond acceptors (Lipinski definition) is 3. The average Bonchev–Trinajstić information content (AvgIpc) is 3.84. The molecule has 304 valence electrons. The molecule has 0 aromatic heterocycles. The van der Waals surface area contributed by atoms with Gasteiger partial charge in [0.05, 0.1) is 22.2 Å². The number of hydrogen-bond donors (Lipinski definition) is 0. The Morgan fingerprint density at radius 2 is 0.831 bits per heavy atom. The lowest BCUT2D eigenvalue weighted by molar-refractivity contribution is 0.436. The Hall–Kier alpha value is -7.85. The molecule has 0 saturated carbocycles. The number of anilines is 3. The van der Waals surface area contributed by atoms with Gasteiger partial charge in [0, 0.05) is 37.7 Å². The predicted octanol–water partition coefficient (Wildman–Crippen LogP) is 16.1. The van der Waals surface area contributed by atoms with Gasteiger partial charge in [0.1, 0.15) is 11.5 Å². The summed E-state index contributed by atoms with van der Waals surface area (Å²) >= 11 is 1.89. The topological polar surface area (TPSA) is 12.5 Å². The molecule has 14 rings (SSSR count). The number of para-hydroxylation sites is 2. The Bertz CT molecular complexity index is 3500. The van der Waals surface area contributed by atoms with Crippen LogP contribution >= 0.6 is 11.8 Å². The summed E-state index contributed by atoms with van der Waals surface area (Å²) in [5.41, 5.74) is 19.6. The molecule has 0 fully saturated rings. The second kappa shape index (κ2) is 13.8. The normalized spacial score (nSPS) is 14.5. The van der Waals surface area contributed by atoms with Gasteiger partial charge in [0.25, 0.3) is 0 Å². The molecule has 0 amide bonds. The minimum atomic E-state index is -0.612. The quantitative estimate of drug-likeness (QED) is 0.175. The molecule has 2 spiro atoms. The van der Waals surface area contributed by atoms with Crippen molar-refractivity contribution < 1.29 is 4.74 Å². The third-order valence-electron chi connectivity index (χ3n) is 14.4. The first-order valence-corrected chi connectivity index (χ1v) is 23.2. The Kier molecular flexibility index (Phi) is 7.79. The van der Waals surface area contributed by atoms with Gasteiger partial charge < -0.3 is 9.64 Å². The Balaban J connectivity index is 1.13. The molecular formula is C62H39NOS. The predicted molar refractivity (Wildman–Crippen MR) is 265 cm³/mol. The fraction of sp³-hybridized carbons (Fsp3) is 0.0323. The molecule has 4 aliphatic rings. The lowest BCUT2D eigenvalue weighted by atomic mass is 9.66. The molecular weight excluding hydrogens is 807 g/mol. The van der Waals surface area contributed by atoms with Gasteiger partial charge >= 0.3 is 0 Å². The summed E-state index contributed by atoms with van der Waals surface area (Å²) in [6.07, 6.45) is 0. The molecule has 65 heavy (non-hydrogen) atoms. The van der Waals surface area contributed by atoms with Crippen LogP contribution in [0.5, 0.6) is 11.5 Å². The molecule has 10 aromatic carbocycles. The molecule has 2 aliphatic carbocycles. The van der Waals surface area contributed by atoms with Crippen molar-refractivity contribution in [3.05, 3.63) is 281 Å². The molecule has 3 heteroatoms. The summed E-state index contributed by atoms with van der Waals surface area (Å²) in [5.74, 6) is 1.78. The molecule has 0 saturated heterocycles. The lowest BCUT2D eigenvalue weighted by Crippen LogP contribution is -2.33. The van der Waals surface area contributed by atoms with Crippen LogP contribution in [0, 0.1) is 0 Å². The van der Waals surface area contributed by atoms with E-state index < -0.39 is 10.8 Å². The zero-order chi connectivity index (χ0) is 42.7. The van der Waals surface area contributed by atoms with Crippen LogP contribution in [-0.2, 0) is 10.8 Å². The third kappa shape index (κ3) is 4.86. The van der Waals surface area contributed by atoms with Gasteiger partial charge in [-0.1, -0.05) is 200 Å². The molecule has 0 atom stereocenters. The van der Waals surface area contributed by atoms with Gasteiger partial charge in [-0.15, -0.1) is 0 Å². The molecule has 0 radical (unpaired) electrons. The minimum Gasteiger partial charge on any atom is -0.457 e. The van der Waals surface area contributed by atoms with Crippen molar-refractivity contribution in [1.29, 1.82) is 0 Å². The fourth-order valence-electron chi connectivity index (χ4n) is 12.0. The van der Waals surface area contributed by atoms with Crippen LogP contribution in [0.4, 0.5) is 17.1 Å². The van der Waals surface area contributed by atoms with Crippen LogP contribution in [-0.4, -0.2) is 0 Å². The molecule has 0 bridgehead atoms. The Labute approximate surface area is 383 Å². The minimum absolute atomic E-state index is 0.591. The van der Waals surface area contributed by atoms with Gasteiger partial charge in [-0.3, -0.25) is 0 Å². The maximum atomic E-state index is 6.76. The smallest absolute Gasteiger partial charge is 0.132 e. The molecule has 2 heterocycles. The van der Waals surface area contributed by atoms with Crippen molar-refractivity contribution in [2.24, 2.45) is 0 Å². The van der Waals surface area contributed by atoms with Crippen LogP contribution in [0.25, 0.3) is 33.4 Å². The van der Waals surface area contributed by atoms with E-state index in [0.29, 0.717) is 0 Å². The van der Waals surface area contributed by atoms with E-state index >= 15 is 0 Å². The Morgan fingerprint density at radius 3 is 1.54 bits per heavy atom. The highest BCUT2D eigenvalue weighted by atomic mass is 32.2. The van der Waals surface area contributed by atoms with E-state index in [0.717, 1.165) is 39.7 Å². The largest absolute Gasteiger partial charge is 0.457 e. The fourth-order valence-corrected chi connectivity index (χ4v) is 13.2. The average molecular weight is 846 g/mol. The number of nitrogens with zero attached hydrogens (tertiary/aromatic N) is 1. The van der Waals surface area contributed by atoms with Crippen molar-refractivity contribution in [3.8, 4) is 44.9 Å². The van der Waals surface area contributed by atoms with Crippen molar-refractivity contribution in [2.75, 3.05) is 4.90 Å². The first kappa shape index (κ1) is 36.6. The summed E-state index contributed by atoms with van der Waals surface area (Å²) < 4.78 is 6.76. The summed E-state index contributed by atoms with van der Waals surface area (Å²) in [4.78, 5) is 5.17. The molecule has 2 nitrogen and oxygen atoms in total. The second-order valence-electron chi connectivity index (χ2n) is 17.4. The zero-order valence-corrected chi connectivity index (χ0v) is 36.1. The van der Waals surface area contributed by atoms with Crippen LogP contribution in [0.2, 0.25) is 0 Å². The first-order chi connectivity index (χ1) is 32.3. The van der Waals surface area contributed by atoms with E-state index in [2.05, 4.69) is 241 Å². The van der Waals surface area contributed by atoms with Gasteiger partial charge in [0.15, 0.2) is 0 Å². The SMILES string of the molecule is c1ccc(-c2cccc(N(c3cccc4c3-c3ccccc3C43c4ccccc4Oc4ccccc43)c3cccc4c3C3(c5ccccc5Sc5ccccc53)c3ccccc3-4)c2)cc1. The highest BCUT2D eigenvalue weighted by Crippen LogP contribution is 2.67. The summed E-state index contributed by atoms with van der Waals surface area (Å²) in [7, 11) is 0. The highest BCUT2D eigenvalue weighted by molar-refractivity contribution is 7.99. The number of fused-ring (bicyclic) bond motifs is 18. The van der Waals surface area contributed by atoms with E-state index in [1.807, 2.05) is 11.8 Å². The van der Waals surface area contributed by atoms with Crippen molar-refractivity contribution >= 4 is 28.8 Å². The van der Waals surface area contributed by atoms with Crippen LogP contribution in [0.15, 0.2) is 246 Å². The van der Waals surface area contributed by atoms with Crippen LogP contribution in [0.3, 0.4) is 0 Å². The monoisotopic (exact) mass is 845 g/mol. The number of benzene rings is 10. The number of rotatable bonds is 4. The van der Waals surface area contributed by atoms with E-state index in [1.165, 1.54) is 76.6 Å². The molecule has 0 unspecified atom stereocenters. The standard InChI is InChI=1S/C62H39NOS/c1-2-19-40(20-3-1)41-21-16-22-42(39-41)63(53-33-18-32-52-59(53)45-24-5-7-27-47(45)61(52)48-28-8-12-35-55(48)64-56-36-13-9-29-49(56)61)54-34-17-25-44-43-23-4-6-26-46(43)62(60(44)54)50-30-10-14-37-57(50)65-58-38-15-11-31-51(58)62/h1-39H. The second-order valence-corrected chi connectivity index (χ2v) is 18.5. The van der Waals surface area contributed by atoms with Crippen molar-refractivity contribution in [1.82, 2.24) is 0 Å². The van der Waals surface area contributed by atoms with Gasteiger partial charge in [-0.05, 0) is 104 Å². The van der Waals surface area contributed by atoms with Gasteiger partial charge in [-0.2, -0.15) is 0 Å². The van der Waals surface area contributed by atoms with Crippen molar-refractivity contribution in [2.45, 2.75) is 20.6 Å². The number of ether oxygens (including phenoxy) is 1. The summed E-state index contributed by atoms with van der Waals surface area (Å²) in [6, 6.07) is 87.7. The van der Waals surface area contributed by atoms with Gasteiger partial charge in [-0.25, -0.2) is 0 Å². The summed E-state index contributed by atoms with van der Waals surface area (Å²) in [5, 5.41) is 0. The summed E-state index contributed by atoms with van der Waals surface area (Å²) in [6.45, 7) is 0. The van der Waals surface area contributed by atoms with E-state index in [1.54, 1.807) is 0 Å². The van der Waals surface area contributed by atoms with E-state index in [9.17, 15) is 0 Å². The Morgan fingerprint density at radius 1 is 0.338 bits per heavy atom. The van der Waals surface area contributed by atoms with Gasteiger partial charge in [0.2, 0.25) is 0 Å². The first-order valence-electron chi connectivity index (χ1n) is 22.4. The maximum Gasteiger partial charge on any atom is 0.132 e. The van der Waals surface area contributed by atoms with Crippen LogP contribution < -0.4 is 9.64 Å². The molecule has 10 aromatic rings. The molecule has 0 N–H and O–H groups in total. The van der Waals surface area contributed by atoms with E-state index in [4.69, 9.17) is 4.74 Å². The van der Waals surface area contributed by atoms with E-state index in [-0.39, 0.29) is 0 Å². The zero-order valence-electron chi connectivity index (χ0n) is 35.3.